The minimum Gasteiger partial charge on any atom is -0.348 e. The van der Waals surface area contributed by atoms with Crippen LogP contribution in [-0.2, 0) is 22.9 Å². The number of carbonyl (C=O) groups is 2. The summed E-state index contributed by atoms with van der Waals surface area (Å²) in [6.07, 6.45) is 2.45. The van der Waals surface area contributed by atoms with Gasteiger partial charge in [-0.3, -0.25) is 14.4 Å². The number of benzene rings is 1. The molecule has 0 spiro atoms. The van der Waals surface area contributed by atoms with Crippen molar-refractivity contribution >= 4 is 21.7 Å². The zero-order valence-electron chi connectivity index (χ0n) is 19.7. The van der Waals surface area contributed by atoms with Gasteiger partial charge in [-0.2, -0.15) is 5.26 Å². The van der Waals surface area contributed by atoms with Crippen molar-refractivity contribution in [3.05, 3.63) is 68.4 Å². The first-order valence-electron chi connectivity index (χ1n) is 11.8. The van der Waals surface area contributed by atoms with E-state index in [1.165, 1.54) is 27.7 Å². The Bertz CT molecular complexity index is 1500. The Morgan fingerprint density at radius 3 is 2.56 bits per heavy atom. The van der Waals surface area contributed by atoms with E-state index in [-0.39, 0.29) is 48.2 Å². The Hall–Kier alpha value is -3.52. The van der Waals surface area contributed by atoms with Crippen LogP contribution in [0.4, 0.5) is 4.39 Å². The molecule has 0 radical (unpaired) electrons. The smallest absolute Gasteiger partial charge is 0.270 e. The summed E-state index contributed by atoms with van der Waals surface area (Å²) in [6, 6.07) is 7.05. The first kappa shape index (κ1) is 24.2. The fourth-order valence-corrected chi connectivity index (χ4v) is 7.35. The molecule has 2 amide bonds. The maximum Gasteiger partial charge on any atom is 0.270 e. The van der Waals surface area contributed by atoms with Crippen molar-refractivity contribution in [1.29, 1.82) is 5.26 Å². The predicted molar refractivity (Wildman–Crippen MR) is 128 cm³/mol. The van der Waals surface area contributed by atoms with E-state index < -0.39 is 37.8 Å². The number of halogens is 1. The number of nitrogens with zero attached hydrogens (tertiary/aromatic N) is 3. The van der Waals surface area contributed by atoms with E-state index in [2.05, 4.69) is 5.32 Å². The number of nitrogens with one attached hydrogen (secondary N) is 1. The Kier molecular flexibility index (Phi) is 5.75. The van der Waals surface area contributed by atoms with Crippen molar-refractivity contribution in [1.82, 2.24) is 14.8 Å². The van der Waals surface area contributed by atoms with Crippen LogP contribution in [0.5, 0.6) is 0 Å². The van der Waals surface area contributed by atoms with Gasteiger partial charge in [-0.05, 0) is 61.9 Å². The second-order valence-electron chi connectivity index (χ2n) is 9.81. The highest BCUT2D eigenvalue weighted by molar-refractivity contribution is 7.94. The number of aryl methyl sites for hydroxylation is 1. The fourth-order valence-electron chi connectivity index (χ4n) is 4.88. The van der Waals surface area contributed by atoms with Gasteiger partial charge in [-0.1, -0.05) is 6.07 Å². The molecule has 5 rings (SSSR count). The maximum absolute atomic E-state index is 13.8. The van der Waals surface area contributed by atoms with E-state index in [0.29, 0.717) is 36.8 Å². The summed E-state index contributed by atoms with van der Waals surface area (Å²) < 4.78 is 40.0. The SMILES string of the molecule is Cc1cc(C(=O)NCc2ccc(C#N)c(F)c2)c(=O)n2c1C(=O)N(CC1(S(=O)(=O)C3CC3)CC1)CC2. The van der Waals surface area contributed by atoms with Crippen LogP contribution >= 0.6 is 0 Å². The highest BCUT2D eigenvalue weighted by atomic mass is 32.2. The molecule has 36 heavy (non-hydrogen) atoms. The Balaban J connectivity index is 1.34. The average Bonchev–Trinajstić information content (AvgIpc) is 3.75. The molecule has 3 aliphatic rings. The van der Waals surface area contributed by atoms with Crippen LogP contribution in [0.15, 0.2) is 29.1 Å². The van der Waals surface area contributed by atoms with Crippen molar-refractivity contribution in [2.24, 2.45) is 0 Å². The number of carbonyl (C=O) groups excluding carboxylic acids is 2. The number of aromatic nitrogens is 1. The third-order valence-electron chi connectivity index (χ3n) is 7.27. The van der Waals surface area contributed by atoms with Crippen LogP contribution in [0.1, 0.15) is 63.2 Å². The second kappa shape index (κ2) is 8.55. The minimum atomic E-state index is -3.28. The molecule has 11 heteroatoms. The van der Waals surface area contributed by atoms with Gasteiger partial charge in [-0.15, -0.1) is 0 Å². The van der Waals surface area contributed by atoms with Gasteiger partial charge in [0.2, 0.25) is 0 Å². The summed E-state index contributed by atoms with van der Waals surface area (Å²) in [7, 11) is -3.28. The van der Waals surface area contributed by atoms with Crippen LogP contribution in [0.3, 0.4) is 0 Å². The molecule has 0 bridgehead atoms. The summed E-state index contributed by atoms with van der Waals surface area (Å²) >= 11 is 0. The normalized spacial score (nSPS) is 18.4. The van der Waals surface area contributed by atoms with E-state index in [4.69, 9.17) is 5.26 Å². The van der Waals surface area contributed by atoms with E-state index in [1.54, 1.807) is 13.0 Å². The van der Waals surface area contributed by atoms with Crippen LogP contribution in [-0.4, -0.2) is 52.8 Å². The molecule has 0 unspecified atom stereocenters. The molecule has 0 saturated heterocycles. The molecule has 1 aliphatic heterocycles. The molecular weight excluding hydrogens is 487 g/mol. The van der Waals surface area contributed by atoms with E-state index >= 15 is 0 Å². The minimum absolute atomic E-state index is 0.0496. The van der Waals surface area contributed by atoms with Crippen LogP contribution in [0.25, 0.3) is 0 Å². The topological polar surface area (TPSA) is 129 Å². The van der Waals surface area contributed by atoms with Gasteiger partial charge in [0.15, 0.2) is 9.84 Å². The third-order valence-corrected chi connectivity index (χ3v) is 10.4. The monoisotopic (exact) mass is 512 g/mol. The van der Waals surface area contributed by atoms with E-state index in [0.717, 1.165) is 6.07 Å². The van der Waals surface area contributed by atoms with Crippen molar-refractivity contribution in [2.45, 2.75) is 55.7 Å². The number of hydrogen-bond acceptors (Lipinski definition) is 6. The number of amides is 2. The molecule has 2 heterocycles. The summed E-state index contributed by atoms with van der Waals surface area (Å²) in [4.78, 5) is 40.7. The molecule has 1 N–H and O–H groups in total. The molecule has 2 fully saturated rings. The summed E-state index contributed by atoms with van der Waals surface area (Å²) in [5, 5.41) is 11.1. The molecule has 0 atom stereocenters. The summed E-state index contributed by atoms with van der Waals surface area (Å²) in [6.45, 7) is 2.05. The highest BCUT2D eigenvalue weighted by Gasteiger charge is 2.60. The summed E-state index contributed by atoms with van der Waals surface area (Å²) in [5.74, 6) is -1.77. The maximum atomic E-state index is 13.8. The standard InChI is InChI=1S/C25H25FN4O5S/c1-15-10-19(22(31)28-13-16-2-3-17(12-27)20(26)11-16)23(32)30-9-8-29(24(33)21(15)30)14-25(6-7-25)36(34,35)18-4-5-18/h2-3,10-11,18H,4-9,13-14H2,1H3,(H,28,31). The number of pyridine rings is 1. The molecular formula is C25H25FN4O5S. The van der Waals surface area contributed by atoms with E-state index in [9.17, 15) is 27.2 Å². The van der Waals surface area contributed by atoms with Crippen LogP contribution in [0, 0.1) is 24.1 Å². The van der Waals surface area contributed by atoms with Gasteiger partial charge in [-0.25, -0.2) is 12.8 Å². The Morgan fingerprint density at radius 1 is 1.22 bits per heavy atom. The highest BCUT2D eigenvalue weighted by Crippen LogP contribution is 2.50. The molecule has 2 aliphatic carbocycles. The quantitative estimate of drug-likeness (QED) is 0.601. The average molecular weight is 513 g/mol. The zero-order chi connectivity index (χ0) is 25.8. The van der Waals surface area contributed by atoms with Gasteiger partial charge in [0.1, 0.15) is 23.1 Å². The van der Waals surface area contributed by atoms with Crippen LogP contribution < -0.4 is 10.9 Å². The van der Waals surface area contributed by atoms with Gasteiger partial charge in [0, 0.05) is 26.2 Å². The van der Waals surface area contributed by atoms with E-state index in [1.807, 2.05) is 0 Å². The number of sulfone groups is 1. The molecule has 2 saturated carbocycles. The number of nitriles is 1. The molecule has 1 aromatic carbocycles. The predicted octanol–water partition coefficient (Wildman–Crippen LogP) is 1.66. The van der Waals surface area contributed by atoms with Gasteiger partial charge in [0.05, 0.1) is 15.6 Å². The molecule has 188 valence electrons. The van der Waals surface area contributed by atoms with Crippen molar-refractivity contribution in [3.8, 4) is 6.07 Å². The lowest BCUT2D eigenvalue weighted by molar-refractivity contribution is 0.0693. The summed E-state index contributed by atoms with van der Waals surface area (Å²) in [5.41, 5.74) is 0.173. The second-order valence-corrected chi connectivity index (χ2v) is 12.4. The van der Waals surface area contributed by atoms with Gasteiger partial charge >= 0.3 is 0 Å². The van der Waals surface area contributed by atoms with Crippen molar-refractivity contribution in [3.63, 3.8) is 0 Å². The Labute approximate surface area is 207 Å². The number of hydrogen-bond donors (Lipinski definition) is 1. The largest absolute Gasteiger partial charge is 0.348 e. The number of fused-ring (bicyclic) bond motifs is 1. The molecule has 9 nitrogen and oxygen atoms in total. The van der Waals surface area contributed by atoms with Gasteiger partial charge in [0.25, 0.3) is 17.4 Å². The zero-order valence-corrected chi connectivity index (χ0v) is 20.5. The first-order chi connectivity index (χ1) is 17.1. The molecule has 2 aromatic rings. The molecule has 1 aromatic heterocycles. The van der Waals surface area contributed by atoms with Gasteiger partial charge < -0.3 is 14.8 Å². The lowest BCUT2D eigenvalue weighted by Gasteiger charge is -2.33. The van der Waals surface area contributed by atoms with Crippen molar-refractivity contribution < 1.29 is 22.4 Å². The third kappa shape index (κ3) is 3.99. The lowest BCUT2D eigenvalue weighted by Crippen LogP contribution is -2.50. The fraction of sp³-hybridized carbons (Fsp3) is 0.440. The van der Waals surface area contributed by atoms with Crippen molar-refractivity contribution in [2.75, 3.05) is 13.1 Å². The Morgan fingerprint density at radius 2 is 1.94 bits per heavy atom. The first-order valence-corrected chi connectivity index (χ1v) is 13.4. The van der Waals surface area contributed by atoms with Crippen LogP contribution in [0.2, 0.25) is 0 Å². The lowest BCUT2D eigenvalue weighted by atomic mass is 10.1. The number of rotatable bonds is 7.